The van der Waals surface area contributed by atoms with Crippen LogP contribution in [0.5, 0.6) is 0 Å². The van der Waals surface area contributed by atoms with E-state index in [1.807, 2.05) is 12.3 Å². The molecule has 0 radical (unpaired) electrons. The van der Waals surface area contributed by atoms with Gasteiger partial charge in [-0.1, -0.05) is 19.9 Å². The summed E-state index contributed by atoms with van der Waals surface area (Å²) < 4.78 is 0. The number of aromatic nitrogens is 1. The Morgan fingerprint density at radius 3 is 2.81 bits per heavy atom. The van der Waals surface area contributed by atoms with Gasteiger partial charge >= 0.3 is 0 Å². The van der Waals surface area contributed by atoms with Crippen LogP contribution in [-0.4, -0.2) is 29.8 Å². The average molecular weight is 222 g/mol. The highest BCUT2D eigenvalue weighted by atomic mass is 16.2. The van der Waals surface area contributed by atoms with Crippen molar-refractivity contribution >= 4 is 0 Å². The van der Waals surface area contributed by atoms with Gasteiger partial charge in [0, 0.05) is 31.0 Å². The van der Waals surface area contributed by atoms with Crippen molar-refractivity contribution in [1.29, 1.82) is 0 Å². The van der Waals surface area contributed by atoms with Gasteiger partial charge in [0.15, 0.2) is 0 Å². The van der Waals surface area contributed by atoms with Crippen molar-refractivity contribution < 1.29 is 5.11 Å². The molecule has 1 heterocycles. The lowest BCUT2D eigenvalue weighted by atomic mass is 9.86. The Labute approximate surface area is 97.9 Å². The highest BCUT2D eigenvalue weighted by Gasteiger charge is 2.19. The molecule has 3 heteroatoms. The van der Waals surface area contributed by atoms with E-state index in [2.05, 4.69) is 30.2 Å². The van der Waals surface area contributed by atoms with Crippen LogP contribution >= 0.6 is 0 Å². The lowest BCUT2D eigenvalue weighted by Gasteiger charge is -2.25. The summed E-state index contributed by atoms with van der Waals surface area (Å²) in [6, 6.07) is 4.09. The summed E-state index contributed by atoms with van der Waals surface area (Å²) in [5.41, 5.74) is 1.36. The fourth-order valence-corrected chi connectivity index (χ4v) is 1.63. The van der Waals surface area contributed by atoms with Crippen LogP contribution in [0.15, 0.2) is 24.5 Å². The zero-order valence-corrected chi connectivity index (χ0v) is 10.2. The zero-order chi connectivity index (χ0) is 11.9. The average Bonchev–Trinajstić information content (AvgIpc) is 2.30. The maximum absolute atomic E-state index is 8.67. The molecule has 0 atom stereocenters. The summed E-state index contributed by atoms with van der Waals surface area (Å²) in [5.74, 6) is 0. The number of hydrogen-bond acceptors (Lipinski definition) is 3. The maximum Gasteiger partial charge on any atom is 0.0431 e. The molecule has 16 heavy (non-hydrogen) atoms. The van der Waals surface area contributed by atoms with Crippen molar-refractivity contribution in [3.63, 3.8) is 0 Å². The van der Waals surface area contributed by atoms with Crippen molar-refractivity contribution in [1.82, 2.24) is 10.3 Å². The van der Waals surface area contributed by atoms with Crippen molar-refractivity contribution in [2.24, 2.45) is 0 Å². The summed E-state index contributed by atoms with van der Waals surface area (Å²) in [7, 11) is 0. The minimum Gasteiger partial charge on any atom is -0.396 e. The van der Waals surface area contributed by atoms with Crippen LogP contribution < -0.4 is 5.32 Å². The molecule has 1 rings (SSSR count). The van der Waals surface area contributed by atoms with E-state index in [0.717, 1.165) is 25.9 Å². The SMILES string of the molecule is CC(C)(CNCCCCO)c1cccnc1. The molecule has 0 saturated carbocycles. The van der Waals surface area contributed by atoms with Crippen LogP contribution in [0, 0.1) is 0 Å². The van der Waals surface area contributed by atoms with Crippen LogP contribution in [0.3, 0.4) is 0 Å². The standard InChI is InChI=1S/C13H22N2O/c1-13(2,11-15-7-3-4-9-16)12-6-5-8-14-10-12/h5-6,8,10,15-16H,3-4,7,9,11H2,1-2H3. The number of unbranched alkanes of at least 4 members (excludes halogenated alkanes) is 1. The van der Waals surface area contributed by atoms with Gasteiger partial charge in [0.25, 0.3) is 0 Å². The van der Waals surface area contributed by atoms with Gasteiger partial charge in [-0.25, -0.2) is 0 Å². The highest BCUT2D eigenvalue weighted by Crippen LogP contribution is 2.20. The lowest BCUT2D eigenvalue weighted by Crippen LogP contribution is -2.33. The van der Waals surface area contributed by atoms with Gasteiger partial charge in [0.2, 0.25) is 0 Å². The van der Waals surface area contributed by atoms with Crippen molar-refractivity contribution in [2.45, 2.75) is 32.1 Å². The molecule has 0 spiro atoms. The molecule has 0 aliphatic heterocycles. The third-order valence-corrected chi connectivity index (χ3v) is 2.77. The van der Waals surface area contributed by atoms with E-state index in [9.17, 15) is 0 Å². The maximum atomic E-state index is 8.67. The van der Waals surface area contributed by atoms with E-state index < -0.39 is 0 Å². The molecule has 90 valence electrons. The van der Waals surface area contributed by atoms with Gasteiger partial charge in [0.05, 0.1) is 0 Å². The van der Waals surface area contributed by atoms with Crippen molar-refractivity contribution in [2.75, 3.05) is 19.7 Å². The van der Waals surface area contributed by atoms with Gasteiger partial charge in [-0.15, -0.1) is 0 Å². The molecule has 1 aromatic heterocycles. The Hall–Kier alpha value is -0.930. The molecule has 0 bridgehead atoms. The molecule has 0 aromatic carbocycles. The number of aliphatic hydroxyl groups is 1. The van der Waals surface area contributed by atoms with E-state index in [1.54, 1.807) is 6.20 Å². The quantitative estimate of drug-likeness (QED) is 0.690. The number of nitrogens with zero attached hydrogens (tertiary/aromatic N) is 1. The van der Waals surface area contributed by atoms with E-state index in [4.69, 9.17) is 5.11 Å². The monoisotopic (exact) mass is 222 g/mol. The second kappa shape index (κ2) is 6.61. The van der Waals surface area contributed by atoms with Gasteiger partial charge in [-0.05, 0) is 31.0 Å². The molecular formula is C13H22N2O. The molecule has 0 aliphatic rings. The summed E-state index contributed by atoms with van der Waals surface area (Å²) in [5, 5.41) is 12.1. The summed E-state index contributed by atoms with van der Waals surface area (Å²) in [6.45, 7) is 6.61. The molecule has 3 nitrogen and oxygen atoms in total. The number of rotatable bonds is 7. The first-order chi connectivity index (χ1) is 7.67. The fourth-order valence-electron chi connectivity index (χ4n) is 1.63. The topological polar surface area (TPSA) is 45.1 Å². The van der Waals surface area contributed by atoms with E-state index >= 15 is 0 Å². The van der Waals surface area contributed by atoms with E-state index in [1.165, 1.54) is 5.56 Å². The molecule has 0 fully saturated rings. The van der Waals surface area contributed by atoms with Crippen LogP contribution in [0.25, 0.3) is 0 Å². The second-order valence-electron chi connectivity index (χ2n) is 4.73. The molecule has 0 aliphatic carbocycles. The Morgan fingerprint density at radius 2 is 2.19 bits per heavy atom. The largest absolute Gasteiger partial charge is 0.396 e. The van der Waals surface area contributed by atoms with Crippen LogP contribution in [-0.2, 0) is 5.41 Å². The number of nitrogens with one attached hydrogen (secondary N) is 1. The molecule has 0 unspecified atom stereocenters. The number of hydrogen-bond donors (Lipinski definition) is 2. The first-order valence-electron chi connectivity index (χ1n) is 5.89. The van der Waals surface area contributed by atoms with Crippen LogP contribution in [0.2, 0.25) is 0 Å². The van der Waals surface area contributed by atoms with E-state index in [-0.39, 0.29) is 12.0 Å². The van der Waals surface area contributed by atoms with Gasteiger partial charge in [-0.3, -0.25) is 4.98 Å². The molecular weight excluding hydrogens is 200 g/mol. The smallest absolute Gasteiger partial charge is 0.0431 e. The predicted octanol–water partition coefficient (Wildman–Crippen LogP) is 1.72. The predicted molar refractivity (Wildman–Crippen MR) is 66.5 cm³/mol. The highest BCUT2D eigenvalue weighted by molar-refractivity contribution is 5.19. The van der Waals surface area contributed by atoms with Crippen molar-refractivity contribution in [3.8, 4) is 0 Å². The third-order valence-electron chi connectivity index (χ3n) is 2.77. The molecule has 0 amide bonds. The third kappa shape index (κ3) is 4.29. The minimum absolute atomic E-state index is 0.105. The fraction of sp³-hybridized carbons (Fsp3) is 0.615. The zero-order valence-electron chi connectivity index (χ0n) is 10.2. The van der Waals surface area contributed by atoms with Crippen LogP contribution in [0.1, 0.15) is 32.3 Å². The Kier molecular flexibility index (Phi) is 5.43. The van der Waals surface area contributed by atoms with Gasteiger partial charge in [0.1, 0.15) is 0 Å². The normalized spacial score (nSPS) is 11.7. The lowest BCUT2D eigenvalue weighted by molar-refractivity contribution is 0.283. The molecule has 2 N–H and O–H groups in total. The Bertz CT molecular complexity index is 285. The van der Waals surface area contributed by atoms with E-state index in [0.29, 0.717) is 0 Å². The van der Waals surface area contributed by atoms with Crippen LogP contribution in [0.4, 0.5) is 0 Å². The number of aliphatic hydroxyl groups excluding tert-OH is 1. The summed E-state index contributed by atoms with van der Waals surface area (Å²) >= 11 is 0. The minimum atomic E-state index is 0.105. The second-order valence-corrected chi connectivity index (χ2v) is 4.73. The molecule has 0 saturated heterocycles. The summed E-state index contributed by atoms with van der Waals surface area (Å²) in [6.07, 6.45) is 5.63. The Morgan fingerprint density at radius 1 is 1.38 bits per heavy atom. The first kappa shape index (κ1) is 13.1. The van der Waals surface area contributed by atoms with Gasteiger partial charge in [-0.2, -0.15) is 0 Å². The number of pyridine rings is 1. The summed E-state index contributed by atoms with van der Waals surface area (Å²) in [4.78, 5) is 4.15. The molecule has 1 aromatic rings. The van der Waals surface area contributed by atoms with Crippen molar-refractivity contribution in [3.05, 3.63) is 30.1 Å². The first-order valence-corrected chi connectivity index (χ1v) is 5.89. The van der Waals surface area contributed by atoms with Gasteiger partial charge < -0.3 is 10.4 Å². The Balaban J connectivity index is 2.35.